The van der Waals surface area contributed by atoms with Crippen molar-refractivity contribution in [2.45, 2.75) is 117 Å². The van der Waals surface area contributed by atoms with Crippen LogP contribution in [0.1, 0.15) is 117 Å². The van der Waals surface area contributed by atoms with E-state index in [0.717, 1.165) is 23.8 Å². The molecular weight excluding hydrogens is 463 g/mol. The van der Waals surface area contributed by atoms with Gasteiger partial charge in [0.05, 0.1) is 6.61 Å². The normalized spacial score (nSPS) is 11.3. The van der Waals surface area contributed by atoms with Gasteiger partial charge in [-0.3, -0.25) is 4.52 Å². The molecule has 0 aliphatic carbocycles. The van der Waals surface area contributed by atoms with Crippen molar-refractivity contribution in [3.8, 4) is 11.5 Å². The first-order chi connectivity index (χ1) is 17.7. The molecule has 0 amide bonds. The second-order valence-corrected chi connectivity index (χ2v) is 11.4. The van der Waals surface area contributed by atoms with Crippen molar-refractivity contribution >= 4 is 8.60 Å². The van der Waals surface area contributed by atoms with Crippen LogP contribution in [0.2, 0.25) is 0 Å². The molecule has 0 bridgehead atoms. The summed E-state index contributed by atoms with van der Waals surface area (Å²) in [6.07, 6.45) is 22.0. The maximum Gasteiger partial charge on any atom is 0.463 e. The van der Waals surface area contributed by atoms with Crippen LogP contribution in [0, 0.1) is 5.92 Å². The van der Waals surface area contributed by atoms with Gasteiger partial charge in [-0.1, -0.05) is 147 Å². The van der Waals surface area contributed by atoms with Gasteiger partial charge in [0, 0.05) is 0 Å². The Kier molecular flexibility index (Phi) is 18.3. The maximum absolute atomic E-state index is 6.00. The molecule has 2 aromatic carbocycles. The van der Waals surface area contributed by atoms with E-state index in [-0.39, 0.29) is 0 Å². The zero-order valence-electron chi connectivity index (χ0n) is 23.0. The van der Waals surface area contributed by atoms with Crippen LogP contribution in [0.5, 0.6) is 11.5 Å². The summed E-state index contributed by atoms with van der Waals surface area (Å²) in [5, 5.41) is 0. The second-order valence-electron chi connectivity index (χ2n) is 10.4. The van der Waals surface area contributed by atoms with Crippen LogP contribution in [0.15, 0.2) is 60.7 Å². The summed E-state index contributed by atoms with van der Waals surface area (Å²) < 4.78 is 17.9. The van der Waals surface area contributed by atoms with Crippen molar-refractivity contribution in [3.05, 3.63) is 60.7 Å². The first kappa shape index (κ1) is 30.7. The lowest BCUT2D eigenvalue weighted by Gasteiger charge is -2.17. The van der Waals surface area contributed by atoms with Crippen molar-refractivity contribution in [2.24, 2.45) is 5.92 Å². The van der Waals surface area contributed by atoms with Gasteiger partial charge in [-0.2, -0.15) is 0 Å². The van der Waals surface area contributed by atoms with Crippen LogP contribution in [0.4, 0.5) is 0 Å². The summed E-state index contributed by atoms with van der Waals surface area (Å²) in [4.78, 5) is 0. The Morgan fingerprint density at radius 1 is 0.500 bits per heavy atom. The van der Waals surface area contributed by atoms with E-state index in [1.54, 1.807) is 0 Å². The smallest absolute Gasteiger partial charge is 0.418 e. The van der Waals surface area contributed by atoms with Crippen LogP contribution in [-0.4, -0.2) is 6.61 Å². The first-order valence-electron chi connectivity index (χ1n) is 14.6. The highest BCUT2D eigenvalue weighted by Crippen LogP contribution is 2.41. The van der Waals surface area contributed by atoms with E-state index in [9.17, 15) is 0 Å². The summed E-state index contributed by atoms with van der Waals surface area (Å²) in [5.74, 6) is 2.42. The summed E-state index contributed by atoms with van der Waals surface area (Å²) in [7, 11) is -1.46. The van der Waals surface area contributed by atoms with Gasteiger partial charge in [0.1, 0.15) is 11.5 Å². The minimum atomic E-state index is -1.46. The van der Waals surface area contributed by atoms with E-state index in [1.807, 2.05) is 60.7 Å². The summed E-state index contributed by atoms with van der Waals surface area (Å²) >= 11 is 0. The first-order valence-corrected chi connectivity index (χ1v) is 15.7. The lowest BCUT2D eigenvalue weighted by molar-refractivity contribution is 0.258. The quantitative estimate of drug-likeness (QED) is 0.109. The number of hydrogen-bond donors (Lipinski definition) is 0. The van der Waals surface area contributed by atoms with E-state index in [2.05, 4.69) is 13.8 Å². The van der Waals surface area contributed by atoms with Crippen LogP contribution in [-0.2, 0) is 4.52 Å². The second kappa shape index (κ2) is 21.5. The third-order valence-electron chi connectivity index (χ3n) is 6.47. The molecule has 36 heavy (non-hydrogen) atoms. The zero-order chi connectivity index (χ0) is 25.5. The molecule has 202 valence electrons. The van der Waals surface area contributed by atoms with E-state index >= 15 is 0 Å². The SMILES string of the molecule is CC(C)CCCCCCCCCCCCCCCCCOP(Oc1ccccc1)Oc1ccccc1. The highest BCUT2D eigenvalue weighted by molar-refractivity contribution is 7.42. The summed E-state index contributed by atoms with van der Waals surface area (Å²) in [6.45, 7) is 5.33. The molecule has 3 nitrogen and oxygen atoms in total. The Labute approximate surface area is 223 Å². The average Bonchev–Trinajstić information content (AvgIpc) is 2.89. The molecule has 0 atom stereocenters. The molecule has 0 heterocycles. The van der Waals surface area contributed by atoms with Gasteiger partial charge >= 0.3 is 8.60 Å². The van der Waals surface area contributed by atoms with Gasteiger partial charge in [-0.25, -0.2) is 0 Å². The lowest BCUT2D eigenvalue weighted by Crippen LogP contribution is -2.01. The molecule has 0 saturated heterocycles. The Balaban J connectivity index is 1.41. The molecule has 0 radical (unpaired) electrons. The fourth-order valence-corrected chi connectivity index (χ4v) is 5.31. The zero-order valence-corrected chi connectivity index (χ0v) is 23.9. The van der Waals surface area contributed by atoms with Crippen molar-refractivity contribution < 1.29 is 13.6 Å². The van der Waals surface area contributed by atoms with E-state index in [4.69, 9.17) is 13.6 Å². The number of hydrogen-bond acceptors (Lipinski definition) is 3. The number of unbranched alkanes of at least 4 members (excludes halogenated alkanes) is 14. The maximum atomic E-state index is 6.00. The van der Waals surface area contributed by atoms with Gasteiger partial charge in [-0.05, 0) is 36.6 Å². The number of para-hydroxylation sites is 2. The average molecular weight is 515 g/mol. The third-order valence-corrected chi connectivity index (χ3v) is 7.58. The van der Waals surface area contributed by atoms with Gasteiger partial charge < -0.3 is 9.05 Å². The molecule has 2 rings (SSSR count). The van der Waals surface area contributed by atoms with Gasteiger partial charge in [-0.15, -0.1) is 0 Å². The lowest BCUT2D eigenvalue weighted by atomic mass is 10.0. The molecule has 4 heteroatoms. The molecule has 0 aliphatic heterocycles. The third kappa shape index (κ3) is 17.0. The van der Waals surface area contributed by atoms with E-state index in [1.165, 1.54) is 96.3 Å². The fourth-order valence-electron chi connectivity index (χ4n) is 4.30. The Hall–Kier alpha value is -1.57. The molecule has 0 saturated carbocycles. The Bertz CT molecular complexity index is 681. The molecule has 2 aromatic rings. The highest BCUT2D eigenvalue weighted by atomic mass is 31.2. The monoisotopic (exact) mass is 514 g/mol. The summed E-state index contributed by atoms with van der Waals surface area (Å²) in [6, 6.07) is 19.5. The highest BCUT2D eigenvalue weighted by Gasteiger charge is 2.16. The number of benzene rings is 2. The molecular formula is C32H51O3P. The van der Waals surface area contributed by atoms with E-state index < -0.39 is 8.60 Å². The summed E-state index contributed by atoms with van der Waals surface area (Å²) in [5.41, 5.74) is 0. The standard InChI is InChI=1S/C32H51O3P/c1-30(2)24-18-14-12-10-8-6-4-3-5-7-9-11-13-15-23-29-33-36(34-31-25-19-16-20-26-31)35-32-27-21-17-22-28-32/h16-17,19-22,25-28,30H,3-15,18,23-24,29H2,1-2H3. The molecule has 0 aromatic heterocycles. The predicted octanol–water partition coefficient (Wildman–Crippen LogP) is 11.3. The predicted molar refractivity (Wildman–Crippen MR) is 156 cm³/mol. The fraction of sp³-hybridized carbons (Fsp3) is 0.625. The molecule has 0 N–H and O–H groups in total. The van der Waals surface area contributed by atoms with Crippen LogP contribution >= 0.6 is 8.60 Å². The van der Waals surface area contributed by atoms with Crippen LogP contribution < -0.4 is 9.05 Å². The molecule has 0 unspecified atom stereocenters. The minimum Gasteiger partial charge on any atom is -0.418 e. The Morgan fingerprint density at radius 3 is 1.25 bits per heavy atom. The van der Waals surface area contributed by atoms with Crippen LogP contribution in [0.25, 0.3) is 0 Å². The van der Waals surface area contributed by atoms with Crippen molar-refractivity contribution in [2.75, 3.05) is 6.61 Å². The molecule has 0 spiro atoms. The van der Waals surface area contributed by atoms with Gasteiger partial charge in [0.25, 0.3) is 0 Å². The topological polar surface area (TPSA) is 27.7 Å². The van der Waals surface area contributed by atoms with Crippen molar-refractivity contribution in [1.82, 2.24) is 0 Å². The largest absolute Gasteiger partial charge is 0.463 e. The van der Waals surface area contributed by atoms with E-state index in [0.29, 0.717) is 6.61 Å². The van der Waals surface area contributed by atoms with Gasteiger partial charge in [0.2, 0.25) is 0 Å². The van der Waals surface area contributed by atoms with Crippen molar-refractivity contribution in [3.63, 3.8) is 0 Å². The number of rotatable bonds is 23. The van der Waals surface area contributed by atoms with Crippen LogP contribution in [0.3, 0.4) is 0 Å². The van der Waals surface area contributed by atoms with Crippen molar-refractivity contribution in [1.29, 1.82) is 0 Å². The molecule has 0 fully saturated rings. The van der Waals surface area contributed by atoms with Gasteiger partial charge in [0.15, 0.2) is 0 Å². The Morgan fingerprint density at radius 2 is 0.861 bits per heavy atom. The molecule has 0 aliphatic rings. The minimum absolute atomic E-state index is 0.670.